The van der Waals surface area contributed by atoms with Crippen molar-refractivity contribution in [1.82, 2.24) is 0 Å². The first-order valence-electron chi connectivity index (χ1n) is 5.01. The average Bonchev–Trinajstić information content (AvgIpc) is 2.18. The van der Waals surface area contributed by atoms with Crippen molar-refractivity contribution in [3.63, 3.8) is 0 Å². The summed E-state index contributed by atoms with van der Waals surface area (Å²) in [6.45, 7) is 5.79. The van der Waals surface area contributed by atoms with Crippen molar-refractivity contribution in [2.45, 2.75) is 32.1 Å². The van der Waals surface area contributed by atoms with E-state index in [0.29, 0.717) is 17.3 Å². The molecule has 0 aliphatic carbocycles. The second-order valence-electron chi connectivity index (χ2n) is 3.97. The zero-order valence-electron chi connectivity index (χ0n) is 9.39. The lowest BCUT2D eigenvalue weighted by atomic mass is 10.3. The molecule has 0 spiro atoms. The van der Waals surface area contributed by atoms with Crippen LogP contribution in [0.25, 0.3) is 0 Å². The fourth-order valence-electron chi connectivity index (χ4n) is 1.35. The van der Waals surface area contributed by atoms with Gasteiger partial charge >= 0.3 is 0 Å². The molecule has 1 aliphatic heterocycles. The molecule has 0 aromatic heterocycles. The predicted molar refractivity (Wildman–Crippen MR) is 64.7 cm³/mol. The van der Waals surface area contributed by atoms with Crippen LogP contribution in [0.3, 0.4) is 0 Å². The number of rotatable bonds is 3. The summed E-state index contributed by atoms with van der Waals surface area (Å²) >= 11 is 0. The standard InChI is InChI=1S/C10H18O3S2/c1-8(2)6-13-9(3)10-7-14(11)4-5-15(10)12/h6,9-10H,4-5,7H2,1-3H3. The van der Waals surface area contributed by atoms with Crippen molar-refractivity contribution < 1.29 is 13.2 Å². The van der Waals surface area contributed by atoms with E-state index in [2.05, 4.69) is 0 Å². The fourth-order valence-corrected chi connectivity index (χ4v) is 5.41. The molecule has 4 unspecified atom stereocenters. The van der Waals surface area contributed by atoms with Crippen molar-refractivity contribution in [1.29, 1.82) is 0 Å². The molecule has 0 amide bonds. The minimum Gasteiger partial charge on any atom is -0.497 e. The molecule has 0 saturated carbocycles. The molecule has 0 bridgehead atoms. The second-order valence-corrected chi connectivity index (χ2v) is 7.37. The van der Waals surface area contributed by atoms with E-state index in [0.717, 1.165) is 5.57 Å². The Kier molecular flexibility index (Phi) is 4.99. The molecule has 15 heavy (non-hydrogen) atoms. The SMILES string of the molecule is CC(C)=COC(C)C1CS(=O)CCS1=O. The first kappa shape index (κ1) is 12.9. The van der Waals surface area contributed by atoms with Crippen LogP contribution in [0.5, 0.6) is 0 Å². The summed E-state index contributed by atoms with van der Waals surface area (Å²) in [5.41, 5.74) is 1.07. The summed E-state index contributed by atoms with van der Waals surface area (Å²) in [4.78, 5) is 0. The molecule has 1 aliphatic rings. The third-order valence-corrected chi connectivity index (χ3v) is 5.93. The van der Waals surface area contributed by atoms with Crippen LogP contribution in [0, 0.1) is 0 Å². The fraction of sp³-hybridized carbons (Fsp3) is 0.800. The quantitative estimate of drug-likeness (QED) is 0.707. The minimum atomic E-state index is -0.891. The van der Waals surface area contributed by atoms with Gasteiger partial charge in [0.25, 0.3) is 0 Å². The first-order chi connectivity index (χ1) is 7.00. The normalized spacial score (nSPS) is 33.1. The molecule has 1 heterocycles. The maximum atomic E-state index is 11.7. The van der Waals surface area contributed by atoms with E-state index in [9.17, 15) is 8.42 Å². The van der Waals surface area contributed by atoms with Gasteiger partial charge in [-0.3, -0.25) is 8.42 Å². The highest BCUT2D eigenvalue weighted by Gasteiger charge is 2.30. The topological polar surface area (TPSA) is 43.4 Å². The summed E-state index contributed by atoms with van der Waals surface area (Å²) < 4.78 is 28.5. The van der Waals surface area contributed by atoms with Gasteiger partial charge in [-0.25, -0.2) is 0 Å². The van der Waals surface area contributed by atoms with E-state index in [1.165, 1.54) is 0 Å². The molecule has 0 aromatic carbocycles. The summed E-state index contributed by atoms with van der Waals surface area (Å²) in [5.74, 6) is 1.61. The van der Waals surface area contributed by atoms with Crippen molar-refractivity contribution in [2.75, 3.05) is 17.3 Å². The molecule has 4 atom stereocenters. The Morgan fingerprint density at radius 2 is 2.07 bits per heavy atom. The molecule has 5 heteroatoms. The third kappa shape index (κ3) is 4.07. The third-order valence-electron chi connectivity index (χ3n) is 2.24. The molecule has 1 saturated heterocycles. The summed E-state index contributed by atoms with van der Waals surface area (Å²) in [6.07, 6.45) is 1.56. The molecule has 0 aromatic rings. The average molecular weight is 250 g/mol. The molecule has 0 N–H and O–H groups in total. The Balaban J connectivity index is 2.56. The van der Waals surface area contributed by atoms with E-state index >= 15 is 0 Å². The van der Waals surface area contributed by atoms with E-state index in [-0.39, 0.29) is 11.4 Å². The highest BCUT2D eigenvalue weighted by molar-refractivity contribution is 7.92. The lowest BCUT2D eigenvalue weighted by Gasteiger charge is -2.26. The van der Waals surface area contributed by atoms with Gasteiger partial charge in [0.1, 0.15) is 6.10 Å². The number of allylic oxidation sites excluding steroid dienone is 1. The first-order valence-corrected chi connectivity index (χ1v) is 7.88. The van der Waals surface area contributed by atoms with E-state index < -0.39 is 21.6 Å². The highest BCUT2D eigenvalue weighted by Crippen LogP contribution is 2.14. The minimum absolute atomic E-state index is 0.0878. The van der Waals surface area contributed by atoms with Gasteiger partial charge in [-0.2, -0.15) is 0 Å². The predicted octanol–water partition coefficient (Wildman–Crippen LogP) is 1.19. The Hall–Kier alpha value is -0.160. The van der Waals surface area contributed by atoms with Crippen molar-refractivity contribution >= 4 is 21.6 Å². The van der Waals surface area contributed by atoms with Crippen LogP contribution < -0.4 is 0 Å². The van der Waals surface area contributed by atoms with Gasteiger partial charge in [0.05, 0.1) is 11.5 Å². The van der Waals surface area contributed by atoms with Crippen molar-refractivity contribution in [3.05, 3.63) is 11.8 Å². The second kappa shape index (κ2) is 5.80. The van der Waals surface area contributed by atoms with Gasteiger partial charge in [0.2, 0.25) is 0 Å². The van der Waals surface area contributed by atoms with Crippen LogP contribution in [-0.2, 0) is 26.3 Å². The van der Waals surface area contributed by atoms with Crippen LogP contribution in [0.1, 0.15) is 20.8 Å². The summed E-state index contributed by atoms with van der Waals surface area (Å²) in [6, 6.07) is 0. The lowest BCUT2D eigenvalue weighted by molar-refractivity contribution is 0.160. The van der Waals surface area contributed by atoms with Crippen LogP contribution in [0.4, 0.5) is 0 Å². The van der Waals surface area contributed by atoms with Crippen LogP contribution >= 0.6 is 0 Å². The lowest BCUT2D eigenvalue weighted by Crippen LogP contribution is -2.41. The van der Waals surface area contributed by atoms with Crippen LogP contribution in [0.15, 0.2) is 11.8 Å². The van der Waals surface area contributed by atoms with Gasteiger partial charge in [-0.1, -0.05) is 0 Å². The van der Waals surface area contributed by atoms with Gasteiger partial charge < -0.3 is 4.74 Å². The van der Waals surface area contributed by atoms with E-state index in [1.807, 2.05) is 20.8 Å². The van der Waals surface area contributed by atoms with E-state index in [4.69, 9.17) is 4.74 Å². The maximum absolute atomic E-state index is 11.7. The highest BCUT2D eigenvalue weighted by atomic mass is 32.2. The van der Waals surface area contributed by atoms with Gasteiger partial charge in [-0.05, 0) is 26.3 Å². The Morgan fingerprint density at radius 1 is 1.40 bits per heavy atom. The van der Waals surface area contributed by atoms with Crippen LogP contribution in [0.2, 0.25) is 0 Å². The zero-order valence-corrected chi connectivity index (χ0v) is 11.0. The molecule has 1 rings (SSSR count). The van der Waals surface area contributed by atoms with Gasteiger partial charge in [0.15, 0.2) is 0 Å². The number of hydrogen-bond acceptors (Lipinski definition) is 3. The molecule has 3 nitrogen and oxygen atoms in total. The van der Waals surface area contributed by atoms with Crippen molar-refractivity contribution in [2.24, 2.45) is 0 Å². The molecule has 0 radical (unpaired) electrons. The summed E-state index contributed by atoms with van der Waals surface area (Å²) in [5, 5.41) is -0.0878. The zero-order chi connectivity index (χ0) is 11.4. The van der Waals surface area contributed by atoms with Gasteiger partial charge in [-0.15, -0.1) is 0 Å². The van der Waals surface area contributed by atoms with Crippen molar-refractivity contribution in [3.8, 4) is 0 Å². The van der Waals surface area contributed by atoms with E-state index in [1.54, 1.807) is 6.26 Å². The largest absolute Gasteiger partial charge is 0.497 e. The number of hydrogen-bond donors (Lipinski definition) is 0. The number of ether oxygens (including phenoxy) is 1. The Labute approximate surface area is 96.2 Å². The molecule has 1 fully saturated rings. The molecular weight excluding hydrogens is 232 g/mol. The van der Waals surface area contributed by atoms with Gasteiger partial charge in [0, 0.05) is 38.9 Å². The smallest absolute Gasteiger partial charge is 0.110 e. The Morgan fingerprint density at radius 3 is 2.67 bits per heavy atom. The monoisotopic (exact) mass is 250 g/mol. The summed E-state index contributed by atoms with van der Waals surface area (Å²) in [7, 11) is -1.71. The maximum Gasteiger partial charge on any atom is 0.110 e. The molecule has 88 valence electrons. The Bertz CT molecular complexity index is 295. The van der Waals surface area contributed by atoms with Crippen LogP contribution in [-0.4, -0.2) is 37.0 Å². The molecular formula is C10H18O3S2.